The average Bonchev–Trinajstić information content (AvgIpc) is 3.33. The Labute approximate surface area is 288 Å². The number of benzene rings is 3. The number of methoxy groups -OCH3 is 1. The van der Waals surface area contributed by atoms with Gasteiger partial charge >= 0.3 is 5.97 Å². The molecular weight excluding hydrogens is 737 g/mol. The van der Waals surface area contributed by atoms with Gasteiger partial charge in [0.2, 0.25) is 0 Å². The fourth-order valence-corrected chi connectivity index (χ4v) is 6.85. The number of hydrogen-bond donors (Lipinski definition) is 0. The van der Waals surface area contributed by atoms with Crippen molar-refractivity contribution in [3.63, 3.8) is 0 Å². The Balaban J connectivity index is 1.52. The first kappa shape index (κ1) is 33.9. The number of nitro benzene ring substituents is 1. The highest BCUT2D eigenvalue weighted by atomic mass is 127. The van der Waals surface area contributed by atoms with Gasteiger partial charge in [0.25, 0.3) is 11.2 Å². The molecular formula is C34H32IN3O8S. The lowest BCUT2D eigenvalue weighted by Crippen LogP contribution is -2.40. The zero-order chi connectivity index (χ0) is 33.8. The van der Waals surface area contributed by atoms with Crippen molar-refractivity contribution in [2.24, 2.45) is 4.99 Å². The van der Waals surface area contributed by atoms with Gasteiger partial charge in [0.1, 0.15) is 12.4 Å². The fraction of sp³-hybridized carbons (Fsp3) is 0.265. The number of esters is 1. The number of rotatable bonds is 11. The van der Waals surface area contributed by atoms with E-state index in [0.717, 1.165) is 9.13 Å². The molecule has 13 heteroatoms. The van der Waals surface area contributed by atoms with Crippen LogP contribution in [0.15, 0.2) is 81.7 Å². The number of nitro groups is 1. The lowest BCUT2D eigenvalue weighted by atomic mass is 9.95. The Hall–Kier alpha value is -4.50. The van der Waals surface area contributed by atoms with Crippen LogP contribution in [0.25, 0.3) is 6.08 Å². The first-order valence-corrected chi connectivity index (χ1v) is 16.6. The quantitative estimate of drug-likeness (QED) is 0.0824. The van der Waals surface area contributed by atoms with Crippen LogP contribution in [0.1, 0.15) is 50.4 Å². The van der Waals surface area contributed by atoms with Gasteiger partial charge in [-0.1, -0.05) is 35.6 Å². The summed E-state index contributed by atoms with van der Waals surface area (Å²) in [6, 6.07) is 16.3. The molecule has 0 spiro atoms. The smallest absolute Gasteiger partial charge is 0.338 e. The topological polar surface area (TPSA) is 131 Å². The molecule has 5 rings (SSSR count). The van der Waals surface area contributed by atoms with Crippen molar-refractivity contribution in [3.05, 3.63) is 122 Å². The van der Waals surface area contributed by atoms with Gasteiger partial charge in [-0.3, -0.25) is 19.5 Å². The highest BCUT2D eigenvalue weighted by Crippen LogP contribution is 2.36. The van der Waals surface area contributed by atoms with Crippen LogP contribution in [0.5, 0.6) is 17.2 Å². The number of nitrogens with zero attached hydrogens (tertiary/aromatic N) is 3. The monoisotopic (exact) mass is 769 g/mol. The molecule has 0 aliphatic carbocycles. The van der Waals surface area contributed by atoms with E-state index in [9.17, 15) is 19.7 Å². The number of allylic oxidation sites excluding steroid dienone is 1. The van der Waals surface area contributed by atoms with E-state index < -0.39 is 16.9 Å². The molecule has 0 unspecified atom stereocenters. The van der Waals surface area contributed by atoms with E-state index in [1.165, 1.54) is 35.1 Å². The zero-order valence-electron chi connectivity index (χ0n) is 26.3. The van der Waals surface area contributed by atoms with Crippen molar-refractivity contribution in [3.8, 4) is 17.2 Å². The third-order valence-electron chi connectivity index (χ3n) is 7.15. The summed E-state index contributed by atoms with van der Waals surface area (Å²) >= 11 is 3.38. The van der Waals surface area contributed by atoms with E-state index in [0.29, 0.717) is 43.4 Å². The van der Waals surface area contributed by atoms with Crippen molar-refractivity contribution in [1.29, 1.82) is 0 Å². The van der Waals surface area contributed by atoms with Gasteiger partial charge in [-0.05, 0) is 97.3 Å². The third-order valence-corrected chi connectivity index (χ3v) is 8.98. The summed E-state index contributed by atoms with van der Waals surface area (Å²) in [4.78, 5) is 43.1. The number of halogens is 1. The van der Waals surface area contributed by atoms with E-state index >= 15 is 0 Å². The van der Waals surface area contributed by atoms with Crippen LogP contribution in [0.2, 0.25) is 0 Å². The molecule has 1 aromatic heterocycles. The highest BCUT2D eigenvalue weighted by Gasteiger charge is 2.34. The molecule has 1 atom stereocenters. The van der Waals surface area contributed by atoms with Gasteiger partial charge in [-0.2, -0.15) is 0 Å². The van der Waals surface area contributed by atoms with Crippen LogP contribution in [0.3, 0.4) is 0 Å². The predicted molar refractivity (Wildman–Crippen MR) is 186 cm³/mol. The second kappa shape index (κ2) is 14.5. The molecule has 0 fully saturated rings. The molecule has 0 saturated heterocycles. The van der Waals surface area contributed by atoms with Crippen LogP contribution in [0, 0.1) is 13.7 Å². The lowest BCUT2D eigenvalue weighted by Gasteiger charge is -2.25. The largest absolute Gasteiger partial charge is 0.493 e. The van der Waals surface area contributed by atoms with Crippen molar-refractivity contribution in [2.75, 3.05) is 13.7 Å². The molecule has 1 aliphatic heterocycles. The van der Waals surface area contributed by atoms with Gasteiger partial charge in [-0.15, -0.1) is 0 Å². The van der Waals surface area contributed by atoms with Crippen LogP contribution in [0.4, 0.5) is 5.69 Å². The molecule has 1 aliphatic rings. The van der Waals surface area contributed by atoms with Gasteiger partial charge in [0, 0.05) is 12.1 Å². The Bertz CT molecular complexity index is 2070. The molecule has 4 aromatic rings. The van der Waals surface area contributed by atoms with Crippen LogP contribution in [-0.2, 0) is 16.1 Å². The average molecular weight is 770 g/mol. The number of ether oxygens (including phenoxy) is 4. The van der Waals surface area contributed by atoms with Crippen molar-refractivity contribution in [2.45, 2.75) is 46.4 Å². The number of carbonyl (C=O) groups is 1. The van der Waals surface area contributed by atoms with E-state index in [2.05, 4.69) is 27.6 Å². The number of hydrogen-bond acceptors (Lipinski definition) is 10. The molecule has 244 valence electrons. The van der Waals surface area contributed by atoms with Crippen molar-refractivity contribution >= 4 is 51.7 Å². The summed E-state index contributed by atoms with van der Waals surface area (Å²) in [5.41, 5.74) is 2.50. The first-order chi connectivity index (χ1) is 22.5. The van der Waals surface area contributed by atoms with Gasteiger partial charge in [0.15, 0.2) is 16.3 Å². The maximum atomic E-state index is 14.1. The maximum absolute atomic E-state index is 14.1. The molecule has 0 amide bonds. The van der Waals surface area contributed by atoms with Gasteiger partial charge < -0.3 is 18.9 Å². The SMILES string of the molecule is CCOC(=O)C1=C(C)N=c2s/c(=C\c3ccc(OCc4cccc([N+](=O)[O-])c4)c(I)c3)c(=O)n2[C@H]1c1ccc(OC(C)C)c(OC)c1. The number of thiazole rings is 1. The predicted octanol–water partition coefficient (Wildman–Crippen LogP) is 5.69. The minimum atomic E-state index is -0.806. The van der Waals surface area contributed by atoms with Crippen LogP contribution in [-0.4, -0.2) is 35.3 Å². The fourth-order valence-electron chi connectivity index (χ4n) is 5.11. The third kappa shape index (κ3) is 7.41. The van der Waals surface area contributed by atoms with Crippen LogP contribution < -0.4 is 29.1 Å². The van der Waals surface area contributed by atoms with Gasteiger partial charge in [-0.25, -0.2) is 9.79 Å². The van der Waals surface area contributed by atoms with E-state index in [4.69, 9.17) is 18.9 Å². The molecule has 47 heavy (non-hydrogen) atoms. The molecule has 0 N–H and O–H groups in total. The Kier molecular flexibility index (Phi) is 10.4. The lowest BCUT2D eigenvalue weighted by molar-refractivity contribution is -0.384. The maximum Gasteiger partial charge on any atom is 0.338 e. The summed E-state index contributed by atoms with van der Waals surface area (Å²) < 4.78 is 25.6. The minimum Gasteiger partial charge on any atom is -0.493 e. The summed E-state index contributed by atoms with van der Waals surface area (Å²) in [7, 11) is 1.54. The molecule has 0 radical (unpaired) electrons. The second-order valence-electron chi connectivity index (χ2n) is 10.8. The first-order valence-electron chi connectivity index (χ1n) is 14.7. The summed E-state index contributed by atoms with van der Waals surface area (Å²) in [6.07, 6.45) is 1.69. The molecule has 0 bridgehead atoms. The number of aromatic nitrogens is 1. The molecule has 3 aromatic carbocycles. The number of fused-ring (bicyclic) bond motifs is 1. The number of non-ortho nitro benzene ring substituents is 1. The Morgan fingerprint density at radius 1 is 1.13 bits per heavy atom. The minimum absolute atomic E-state index is 0.000663. The van der Waals surface area contributed by atoms with Crippen molar-refractivity contribution in [1.82, 2.24) is 4.57 Å². The Morgan fingerprint density at radius 2 is 1.89 bits per heavy atom. The van der Waals surface area contributed by atoms with Crippen molar-refractivity contribution < 1.29 is 28.7 Å². The second-order valence-corrected chi connectivity index (χ2v) is 13.0. The summed E-state index contributed by atoms with van der Waals surface area (Å²) in [5, 5.41) is 11.1. The highest BCUT2D eigenvalue weighted by molar-refractivity contribution is 14.1. The van der Waals surface area contributed by atoms with E-state index in [1.807, 2.05) is 32.0 Å². The summed E-state index contributed by atoms with van der Waals surface area (Å²) in [6.45, 7) is 7.62. The molecule has 0 saturated carbocycles. The molecule has 11 nitrogen and oxygen atoms in total. The van der Waals surface area contributed by atoms with Gasteiger partial charge in [0.05, 0.1) is 50.2 Å². The normalized spacial score (nSPS) is 14.4. The van der Waals surface area contributed by atoms with Crippen LogP contribution >= 0.6 is 33.9 Å². The number of carbonyl (C=O) groups excluding carboxylic acids is 1. The molecule has 2 heterocycles. The zero-order valence-corrected chi connectivity index (χ0v) is 29.3. The standard InChI is InChI=1S/C34H32IN3O8S/c1-6-44-33(40)30-20(4)36-34-37(31(30)23-11-13-27(46-19(2)3)28(17-23)43-5)32(39)29(47-34)16-21-10-12-26(25(35)15-21)45-18-22-8-7-9-24(14-22)38(41)42/h7-17,19,31H,6,18H2,1-5H3/b29-16-/t31-/m0/s1. The van der Waals surface area contributed by atoms with E-state index in [1.54, 1.807) is 50.3 Å². The Morgan fingerprint density at radius 3 is 2.57 bits per heavy atom. The van der Waals surface area contributed by atoms with E-state index in [-0.39, 0.29) is 36.1 Å². The summed E-state index contributed by atoms with van der Waals surface area (Å²) in [5.74, 6) is 1.07.